The highest BCUT2D eigenvalue weighted by Gasteiger charge is 1.97. The van der Waals surface area contributed by atoms with Crippen molar-refractivity contribution in [2.75, 3.05) is 6.61 Å². The molecule has 0 aliphatic rings. The van der Waals surface area contributed by atoms with Crippen molar-refractivity contribution in [3.8, 4) is 0 Å². The van der Waals surface area contributed by atoms with E-state index in [2.05, 4.69) is 30.8 Å². The van der Waals surface area contributed by atoms with Crippen LogP contribution in [-0.4, -0.2) is 12.0 Å². The van der Waals surface area contributed by atoms with Gasteiger partial charge in [-0.1, -0.05) is 94.7 Å². The molecule has 0 aromatic heterocycles. The molecule has 0 spiro atoms. The van der Waals surface area contributed by atoms with Gasteiger partial charge in [0.05, 0.1) is 6.61 Å². The Labute approximate surface area is 158 Å². The normalized spacial score (nSPS) is 10.6. The summed E-state index contributed by atoms with van der Waals surface area (Å²) < 4.78 is 4.69. The minimum absolute atomic E-state index is 0.459. The van der Waals surface area contributed by atoms with Crippen LogP contribution in [0.5, 0.6) is 0 Å². The Morgan fingerprint density at radius 1 is 0.840 bits per heavy atom. The van der Waals surface area contributed by atoms with E-state index in [0.29, 0.717) is 6.61 Å². The van der Waals surface area contributed by atoms with Gasteiger partial charge >= 0.3 is 5.43 Å². The number of hydrogen-bond donors (Lipinski definition) is 0. The summed E-state index contributed by atoms with van der Waals surface area (Å²) in [7, 11) is 0. The SMILES string of the molecule is C=Cc1ccc(CCCCCCCCCCCCCOC(=O)Cl)cc1. The van der Waals surface area contributed by atoms with Crippen molar-refractivity contribution in [2.45, 2.75) is 77.0 Å². The molecule has 1 rings (SSSR count). The molecule has 0 saturated heterocycles. The molecule has 140 valence electrons. The predicted molar refractivity (Wildman–Crippen MR) is 108 cm³/mol. The second kappa shape index (κ2) is 15.0. The quantitative estimate of drug-likeness (QED) is 0.237. The zero-order chi connectivity index (χ0) is 18.2. The molecule has 0 bridgehead atoms. The molecule has 2 nitrogen and oxygen atoms in total. The third kappa shape index (κ3) is 12.7. The number of hydrogen-bond acceptors (Lipinski definition) is 2. The maximum Gasteiger partial charge on any atom is 0.403 e. The lowest BCUT2D eigenvalue weighted by Gasteiger charge is -2.04. The molecule has 1 aromatic carbocycles. The fourth-order valence-corrected chi connectivity index (χ4v) is 3.07. The highest BCUT2D eigenvalue weighted by molar-refractivity contribution is 6.61. The maximum atomic E-state index is 10.4. The van der Waals surface area contributed by atoms with Crippen LogP contribution in [0.2, 0.25) is 0 Å². The van der Waals surface area contributed by atoms with E-state index in [1.165, 1.54) is 75.3 Å². The van der Waals surface area contributed by atoms with Crippen LogP contribution in [0.1, 0.15) is 81.8 Å². The molecule has 0 fully saturated rings. The summed E-state index contributed by atoms with van der Waals surface area (Å²) in [6.07, 6.45) is 17.0. The predicted octanol–water partition coefficient (Wildman–Crippen LogP) is 7.54. The Morgan fingerprint density at radius 3 is 1.80 bits per heavy atom. The Bertz CT molecular complexity index is 467. The van der Waals surface area contributed by atoms with Gasteiger partial charge in [0.1, 0.15) is 0 Å². The Morgan fingerprint density at radius 2 is 1.32 bits per heavy atom. The first-order chi connectivity index (χ1) is 12.2. The third-order valence-electron chi connectivity index (χ3n) is 4.54. The molecule has 0 atom stereocenters. The minimum Gasteiger partial charge on any atom is -0.454 e. The van der Waals surface area contributed by atoms with Gasteiger partial charge in [-0.15, -0.1) is 0 Å². The first kappa shape index (κ1) is 21.8. The molecule has 0 amide bonds. The van der Waals surface area contributed by atoms with Crippen LogP contribution >= 0.6 is 11.6 Å². The highest BCUT2D eigenvalue weighted by Crippen LogP contribution is 2.13. The lowest BCUT2D eigenvalue weighted by molar-refractivity contribution is 0.170. The Kier molecular flexibility index (Phi) is 13.1. The Balaban J connectivity index is 1.81. The smallest absolute Gasteiger partial charge is 0.403 e. The van der Waals surface area contributed by atoms with Crippen LogP contribution in [0.4, 0.5) is 4.79 Å². The second-order valence-corrected chi connectivity index (χ2v) is 6.98. The van der Waals surface area contributed by atoms with Crippen molar-refractivity contribution in [2.24, 2.45) is 0 Å². The molecule has 3 heteroatoms. The van der Waals surface area contributed by atoms with Gasteiger partial charge in [0.15, 0.2) is 0 Å². The number of aryl methyl sites for hydroxylation is 1. The number of carbonyl (C=O) groups excluding carboxylic acids is 1. The van der Waals surface area contributed by atoms with Crippen LogP contribution in [0.25, 0.3) is 6.08 Å². The van der Waals surface area contributed by atoms with E-state index in [-0.39, 0.29) is 0 Å². The molecule has 0 saturated carbocycles. The van der Waals surface area contributed by atoms with E-state index >= 15 is 0 Å². The maximum absolute atomic E-state index is 10.4. The number of benzene rings is 1. The van der Waals surface area contributed by atoms with Crippen LogP contribution < -0.4 is 0 Å². The summed E-state index contributed by atoms with van der Waals surface area (Å²) in [5.41, 5.74) is 1.94. The fraction of sp³-hybridized carbons (Fsp3) is 0.591. The first-order valence-corrected chi connectivity index (χ1v) is 10.1. The lowest BCUT2D eigenvalue weighted by atomic mass is 10.0. The van der Waals surface area contributed by atoms with E-state index < -0.39 is 5.43 Å². The molecule has 1 aromatic rings. The van der Waals surface area contributed by atoms with E-state index in [0.717, 1.165) is 12.8 Å². The van der Waals surface area contributed by atoms with Gasteiger partial charge in [0.2, 0.25) is 0 Å². The number of carbonyl (C=O) groups is 1. The van der Waals surface area contributed by atoms with Crippen molar-refractivity contribution < 1.29 is 9.53 Å². The van der Waals surface area contributed by atoms with Crippen molar-refractivity contribution in [3.05, 3.63) is 42.0 Å². The topological polar surface area (TPSA) is 26.3 Å². The second-order valence-electron chi connectivity index (χ2n) is 6.67. The third-order valence-corrected chi connectivity index (χ3v) is 4.65. The summed E-state index contributed by atoms with van der Waals surface area (Å²) in [6, 6.07) is 8.73. The zero-order valence-corrected chi connectivity index (χ0v) is 16.2. The summed E-state index contributed by atoms with van der Waals surface area (Å²) in [6.45, 7) is 4.24. The standard InChI is InChI=1S/C22H33ClO2/c1-2-20-15-17-21(18-16-20)14-12-10-8-6-4-3-5-7-9-11-13-19-25-22(23)24/h2,15-18H,1,3-14,19H2. The van der Waals surface area contributed by atoms with Crippen LogP contribution in [0.15, 0.2) is 30.8 Å². The van der Waals surface area contributed by atoms with Gasteiger partial charge in [0, 0.05) is 11.6 Å². The summed E-state index contributed by atoms with van der Waals surface area (Å²) >= 11 is 5.10. The van der Waals surface area contributed by atoms with Gasteiger partial charge in [-0.05, 0) is 30.4 Å². The van der Waals surface area contributed by atoms with Crippen molar-refractivity contribution in [1.82, 2.24) is 0 Å². The molecule has 0 N–H and O–H groups in total. The van der Waals surface area contributed by atoms with Crippen molar-refractivity contribution in [1.29, 1.82) is 0 Å². The van der Waals surface area contributed by atoms with Gasteiger partial charge in [0.25, 0.3) is 0 Å². The van der Waals surface area contributed by atoms with Crippen molar-refractivity contribution in [3.63, 3.8) is 0 Å². The molecular weight excluding hydrogens is 332 g/mol. The Hall–Kier alpha value is -1.28. The van der Waals surface area contributed by atoms with E-state index in [1.54, 1.807) is 0 Å². The van der Waals surface area contributed by atoms with Gasteiger partial charge in [-0.25, -0.2) is 4.79 Å². The van der Waals surface area contributed by atoms with Gasteiger partial charge in [-0.2, -0.15) is 0 Å². The van der Waals surface area contributed by atoms with Crippen LogP contribution in [0.3, 0.4) is 0 Å². The average Bonchev–Trinajstić information content (AvgIpc) is 2.62. The molecule has 0 heterocycles. The summed E-state index contributed by atoms with van der Waals surface area (Å²) in [4.78, 5) is 10.4. The molecule has 0 aliphatic carbocycles. The van der Waals surface area contributed by atoms with Crippen LogP contribution in [0, 0.1) is 0 Å². The van der Waals surface area contributed by atoms with Gasteiger partial charge < -0.3 is 4.74 Å². The first-order valence-electron chi connectivity index (χ1n) is 9.76. The number of unbranched alkanes of at least 4 members (excludes halogenated alkanes) is 10. The summed E-state index contributed by atoms with van der Waals surface area (Å²) in [5, 5.41) is 0. The minimum atomic E-state index is -0.689. The largest absolute Gasteiger partial charge is 0.454 e. The lowest BCUT2D eigenvalue weighted by Crippen LogP contribution is -1.96. The number of rotatable bonds is 15. The molecule has 0 unspecified atom stereocenters. The summed E-state index contributed by atoms with van der Waals surface area (Å²) in [5.74, 6) is 0. The van der Waals surface area contributed by atoms with E-state index in [9.17, 15) is 4.79 Å². The van der Waals surface area contributed by atoms with Gasteiger partial charge in [-0.3, -0.25) is 0 Å². The highest BCUT2D eigenvalue weighted by atomic mass is 35.5. The van der Waals surface area contributed by atoms with Crippen LogP contribution in [-0.2, 0) is 11.2 Å². The number of halogens is 1. The molecule has 25 heavy (non-hydrogen) atoms. The fourth-order valence-electron chi connectivity index (χ4n) is 2.99. The molecule has 0 radical (unpaired) electrons. The monoisotopic (exact) mass is 364 g/mol. The van der Waals surface area contributed by atoms with Crippen molar-refractivity contribution >= 4 is 23.1 Å². The van der Waals surface area contributed by atoms with E-state index in [4.69, 9.17) is 16.3 Å². The molecule has 0 aliphatic heterocycles. The zero-order valence-electron chi connectivity index (χ0n) is 15.5. The number of ether oxygens (including phenoxy) is 1. The van der Waals surface area contributed by atoms with E-state index in [1.807, 2.05) is 6.08 Å². The average molecular weight is 365 g/mol. The molecular formula is C22H33ClO2.